The predicted octanol–water partition coefficient (Wildman–Crippen LogP) is 4.61. The van der Waals surface area contributed by atoms with Gasteiger partial charge in [-0.2, -0.15) is 5.10 Å². The molecule has 1 unspecified atom stereocenters. The molecule has 0 bridgehead atoms. The third kappa shape index (κ3) is 4.79. The molecule has 0 saturated heterocycles. The van der Waals surface area contributed by atoms with E-state index in [9.17, 15) is 9.59 Å². The Morgan fingerprint density at radius 3 is 2.85 bits per heavy atom. The van der Waals surface area contributed by atoms with Crippen LogP contribution in [0.5, 0.6) is 0 Å². The minimum absolute atomic E-state index is 0.00947. The highest BCUT2D eigenvalue weighted by atomic mass is 35.5. The maximum absolute atomic E-state index is 12.0. The zero-order valence-corrected chi connectivity index (χ0v) is 16.5. The number of ketones is 1. The van der Waals surface area contributed by atoms with Gasteiger partial charge in [0.05, 0.1) is 12.2 Å². The summed E-state index contributed by atoms with van der Waals surface area (Å²) in [7, 11) is 0. The molecule has 1 heterocycles. The number of ether oxygens (including phenoxy) is 1. The monoisotopic (exact) mass is 406 g/mol. The first-order valence-corrected chi connectivity index (χ1v) is 9.59. The number of hydrogen-bond donors (Lipinski definition) is 0. The van der Waals surface area contributed by atoms with Crippen LogP contribution in [0.2, 0.25) is 10.2 Å². The molecule has 1 fully saturated rings. The third-order valence-corrected chi connectivity index (χ3v) is 5.30. The van der Waals surface area contributed by atoms with Gasteiger partial charge >= 0.3 is 5.97 Å². The maximum Gasteiger partial charge on any atom is 0.331 e. The highest BCUT2D eigenvalue weighted by molar-refractivity contribution is 6.32. The average Bonchev–Trinajstić information content (AvgIpc) is 2.90. The van der Waals surface area contributed by atoms with Crippen molar-refractivity contribution in [3.05, 3.63) is 57.3 Å². The van der Waals surface area contributed by atoms with Crippen molar-refractivity contribution < 1.29 is 14.3 Å². The van der Waals surface area contributed by atoms with Crippen LogP contribution in [0.4, 0.5) is 0 Å². The molecule has 0 amide bonds. The van der Waals surface area contributed by atoms with Crippen molar-refractivity contribution in [2.24, 2.45) is 0 Å². The van der Waals surface area contributed by atoms with Crippen LogP contribution < -0.4 is 0 Å². The minimum Gasteiger partial charge on any atom is -0.451 e. The Balaban J connectivity index is 1.70. The Hall–Kier alpha value is -2.11. The van der Waals surface area contributed by atoms with Gasteiger partial charge in [0.1, 0.15) is 5.15 Å². The number of benzene rings is 1. The van der Waals surface area contributed by atoms with Gasteiger partial charge < -0.3 is 4.74 Å². The van der Waals surface area contributed by atoms with Crippen LogP contribution in [-0.4, -0.2) is 27.6 Å². The summed E-state index contributed by atoms with van der Waals surface area (Å²) in [5.41, 5.74) is 2.22. The van der Waals surface area contributed by atoms with E-state index < -0.39 is 12.1 Å². The molecule has 0 radical (unpaired) electrons. The molecule has 2 aromatic rings. The van der Waals surface area contributed by atoms with Gasteiger partial charge in [-0.05, 0) is 43.9 Å². The molecule has 7 heteroatoms. The second-order valence-electron chi connectivity index (χ2n) is 6.51. The molecular weight excluding hydrogens is 387 g/mol. The van der Waals surface area contributed by atoms with Gasteiger partial charge in [-0.3, -0.25) is 4.79 Å². The zero-order chi connectivity index (χ0) is 19.4. The van der Waals surface area contributed by atoms with Gasteiger partial charge in [-0.25, -0.2) is 9.48 Å². The van der Waals surface area contributed by atoms with Crippen molar-refractivity contribution in [3.8, 4) is 0 Å². The van der Waals surface area contributed by atoms with Gasteiger partial charge in [-0.15, -0.1) is 0 Å². The lowest BCUT2D eigenvalue weighted by Gasteiger charge is -2.19. The van der Waals surface area contributed by atoms with Crippen molar-refractivity contribution in [1.82, 2.24) is 9.78 Å². The van der Waals surface area contributed by atoms with E-state index in [2.05, 4.69) is 5.10 Å². The molecule has 1 aliphatic rings. The molecule has 0 N–H and O–H groups in total. The van der Waals surface area contributed by atoms with Gasteiger partial charge in [0, 0.05) is 23.1 Å². The number of aromatic nitrogens is 2. The summed E-state index contributed by atoms with van der Waals surface area (Å²) in [5.74, 6) is -0.561. The SMILES string of the molecule is Cc1nn(Cc2ccccc2Cl)c(Cl)c1C=CC(=O)OC1CCCCC1=O. The first kappa shape index (κ1) is 19.6. The first-order valence-electron chi connectivity index (χ1n) is 8.83. The van der Waals surface area contributed by atoms with Crippen molar-refractivity contribution in [2.75, 3.05) is 0 Å². The van der Waals surface area contributed by atoms with Gasteiger partial charge in [0.15, 0.2) is 11.9 Å². The highest BCUT2D eigenvalue weighted by Gasteiger charge is 2.25. The van der Waals surface area contributed by atoms with E-state index in [-0.39, 0.29) is 5.78 Å². The Labute approximate surface area is 167 Å². The Morgan fingerprint density at radius 1 is 1.33 bits per heavy atom. The fraction of sp³-hybridized carbons (Fsp3) is 0.350. The van der Waals surface area contributed by atoms with Crippen molar-refractivity contribution in [1.29, 1.82) is 0 Å². The van der Waals surface area contributed by atoms with Crippen molar-refractivity contribution in [3.63, 3.8) is 0 Å². The molecular formula is C20H20Cl2N2O3. The molecule has 1 aromatic heterocycles. The van der Waals surface area contributed by atoms with Crippen molar-refractivity contribution >= 4 is 41.0 Å². The molecule has 1 atom stereocenters. The van der Waals surface area contributed by atoms with Crippen LogP contribution in [0.15, 0.2) is 30.3 Å². The normalized spacial score (nSPS) is 17.4. The molecule has 1 saturated carbocycles. The number of carbonyl (C=O) groups excluding carboxylic acids is 2. The van der Waals surface area contributed by atoms with Crippen LogP contribution in [0.3, 0.4) is 0 Å². The summed E-state index contributed by atoms with van der Waals surface area (Å²) in [6.45, 7) is 2.23. The molecule has 27 heavy (non-hydrogen) atoms. The molecule has 1 aliphatic carbocycles. The van der Waals surface area contributed by atoms with Crippen LogP contribution >= 0.6 is 23.2 Å². The topological polar surface area (TPSA) is 61.2 Å². The van der Waals surface area contributed by atoms with E-state index >= 15 is 0 Å². The third-order valence-electron chi connectivity index (χ3n) is 4.53. The number of aryl methyl sites for hydroxylation is 1. The lowest BCUT2D eigenvalue weighted by atomic mass is 9.96. The van der Waals surface area contributed by atoms with Gasteiger partial charge in [-0.1, -0.05) is 41.4 Å². The maximum atomic E-state index is 12.0. The number of hydrogen-bond acceptors (Lipinski definition) is 4. The Bertz CT molecular complexity index is 889. The predicted molar refractivity (Wildman–Crippen MR) is 105 cm³/mol. The van der Waals surface area contributed by atoms with Crippen molar-refractivity contribution in [2.45, 2.75) is 45.3 Å². The van der Waals surface area contributed by atoms with E-state index in [0.717, 1.165) is 18.4 Å². The minimum atomic E-state index is -0.629. The Kier molecular flexibility index (Phi) is 6.34. The van der Waals surface area contributed by atoms with E-state index in [1.807, 2.05) is 31.2 Å². The fourth-order valence-corrected chi connectivity index (χ4v) is 3.55. The second kappa shape index (κ2) is 8.72. The molecule has 1 aromatic carbocycles. The number of carbonyl (C=O) groups is 2. The van der Waals surface area contributed by atoms with E-state index in [1.165, 1.54) is 6.08 Å². The largest absolute Gasteiger partial charge is 0.451 e. The molecule has 5 nitrogen and oxygen atoms in total. The summed E-state index contributed by atoms with van der Waals surface area (Å²) >= 11 is 12.6. The van der Waals surface area contributed by atoms with Crippen LogP contribution in [-0.2, 0) is 20.9 Å². The summed E-state index contributed by atoms with van der Waals surface area (Å²) in [4.78, 5) is 23.8. The molecule has 3 rings (SSSR count). The second-order valence-corrected chi connectivity index (χ2v) is 7.28. The van der Waals surface area contributed by atoms with Gasteiger partial charge in [0.2, 0.25) is 0 Å². The van der Waals surface area contributed by atoms with E-state index in [4.69, 9.17) is 27.9 Å². The zero-order valence-electron chi connectivity index (χ0n) is 15.0. The summed E-state index contributed by atoms with van der Waals surface area (Å²) in [6.07, 6.45) is 5.06. The molecule has 0 spiro atoms. The van der Waals surface area contributed by atoms with E-state index in [0.29, 0.717) is 40.8 Å². The van der Waals surface area contributed by atoms with E-state index in [1.54, 1.807) is 10.8 Å². The number of esters is 1. The number of Topliss-reactive ketones (excluding diaryl/α,β-unsaturated/α-hetero) is 1. The summed E-state index contributed by atoms with van der Waals surface area (Å²) < 4.78 is 6.89. The Morgan fingerprint density at radius 2 is 2.11 bits per heavy atom. The lowest BCUT2D eigenvalue weighted by Crippen LogP contribution is -2.29. The number of rotatable bonds is 5. The standard InChI is InChI=1S/C20H20Cl2N2O3/c1-13-15(10-11-19(26)27-18-9-5-4-8-17(18)25)20(22)24(23-13)12-14-6-2-3-7-16(14)21/h2-3,6-7,10-11,18H,4-5,8-9,12H2,1H3. The lowest BCUT2D eigenvalue weighted by molar-refractivity contribution is -0.152. The molecule has 142 valence electrons. The summed E-state index contributed by atoms with van der Waals surface area (Å²) in [6, 6.07) is 7.47. The smallest absolute Gasteiger partial charge is 0.331 e. The molecule has 0 aliphatic heterocycles. The quantitative estimate of drug-likeness (QED) is 0.536. The first-order chi connectivity index (χ1) is 13.0. The van der Waals surface area contributed by atoms with Crippen LogP contribution in [0.1, 0.15) is 42.5 Å². The van der Waals surface area contributed by atoms with Gasteiger partial charge in [0.25, 0.3) is 0 Å². The number of nitrogens with zero attached hydrogens (tertiary/aromatic N) is 2. The number of halogens is 2. The van der Waals surface area contributed by atoms with Crippen LogP contribution in [0, 0.1) is 6.92 Å². The van der Waals surface area contributed by atoms with Crippen LogP contribution in [0.25, 0.3) is 6.08 Å². The summed E-state index contributed by atoms with van der Waals surface area (Å²) in [5, 5.41) is 5.47. The highest BCUT2D eigenvalue weighted by Crippen LogP contribution is 2.24. The average molecular weight is 407 g/mol. The fourth-order valence-electron chi connectivity index (χ4n) is 3.06.